The summed E-state index contributed by atoms with van der Waals surface area (Å²) < 4.78 is 59.1. The first kappa shape index (κ1) is 17.6. The van der Waals surface area contributed by atoms with Crippen LogP contribution in [0.4, 0.5) is 14.6 Å². The zero-order valence-corrected chi connectivity index (χ0v) is 14.0. The quantitative estimate of drug-likeness (QED) is 0.848. The lowest BCUT2D eigenvalue weighted by atomic mass is 10.3. The van der Waals surface area contributed by atoms with Gasteiger partial charge in [-0.05, 0) is 18.2 Å². The average Bonchev–Trinajstić information content (AvgIpc) is 2.61. The summed E-state index contributed by atoms with van der Waals surface area (Å²) in [5, 5.41) is 0. The maximum absolute atomic E-state index is 13.7. The Morgan fingerprint density at radius 3 is 2.52 bits per heavy atom. The Kier molecular flexibility index (Phi) is 5.21. The third-order valence-corrected chi connectivity index (χ3v) is 5.09. The lowest BCUT2D eigenvalue weighted by Crippen LogP contribution is -2.37. The fraction of sp³-hybridized carbons (Fsp3) is 0.333. The molecule has 1 aromatic carbocycles. The Hall–Kier alpha value is -2.17. The molecule has 1 N–H and O–H groups in total. The first-order chi connectivity index (χ1) is 12.0. The molecule has 0 saturated carbocycles. The van der Waals surface area contributed by atoms with Gasteiger partial charge >= 0.3 is 0 Å². The van der Waals surface area contributed by atoms with E-state index in [1.807, 2.05) is 4.90 Å². The summed E-state index contributed by atoms with van der Waals surface area (Å²) >= 11 is 0. The van der Waals surface area contributed by atoms with Crippen molar-refractivity contribution < 1.29 is 21.9 Å². The molecule has 7 nitrogen and oxygen atoms in total. The third kappa shape index (κ3) is 4.09. The largest absolute Gasteiger partial charge is 0.378 e. The minimum absolute atomic E-state index is 0.198. The summed E-state index contributed by atoms with van der Waals surface area (Å²) in [5.74, 6) is -1.47. The van der Waals surface area contributed by atoms with Gasteiger partial charge in [-0.15, -0.1) is 0 Å². The molecule has 3 rings (SSSR count). The van der Waals surface area contributed by atoms with Crippen molar-refractivity contribution in [2.45, 2.75) is 11.4 Å². The zero-order chi connectivity index (χ0) is 17.9. The molecular formula is C15H16F2N4O3S. The van der Waals surface area contributed by atoms with Crippen LogP contribution in [0.25, 0.3) is 0 Å². The number of ether oxygens (including phenoxy) is 1. The van der Waals surface area contributed by atoms with Crippen LogP contribution < -0.4 is 9.62 Å². The predicted octanol–water partition coefficient (Wildman–Crippen LogP) is 1.07. The molecule has 2 heterocycles. The molecule has 1 saturated heterocycles. The second-order valence-electron chi connectivity index (χ2n) is 5.31. The predicted molar refractivity (Wildman–Crippen MR) is 85.4 cm³/mol. The molecule has 0 spiro atoms. The van der Waals surface area contributed by atoms with E-state index in [1.165, 1.54) is 6.20 Å². The minimum atomic E-state index is -4.37. The van der Waals surface area contributed by atoms with Crippen LogP contribution >= 0.6 is 0 Å². The van der Waals surface area contributed by atoms with Gasteiger partial charge in [0.2, 0.25) is 10.0 Å². The van der Waals surface area contributed by atoms with E-state index in [0.717, 1.165) is 18.2 Å². The second-order valence-corrected chi connectivity index (χ2v) is 7.01. The molecule has 0 bridgehead atoms. The number of morpholine rings is 1. The molecule has 1 aliphatic heterocycles. The molecule has 134 valence electrons. The topological polar surface area (TPSA) is 84.4 Å². The Balaban J connectivity index is 1.75. The van der Waals surface area contributed by atoms with Crippen LogP contribution in [-0.4, -0.2) is 44.7 Å². The molecule has 0 aliphatic carbocycles. The summed E-state index contributed by atoms with van der Waals surface area (Å²) in [4.78, 5) is 9.25. The highest BCUT2D eigenvalue weighted by molar-refractivity contribution is 7.89. The monoisotopic (exact) mass is 370 g/mol. The molecule has 1 aliphatic rings. The van der Waals surface area contributed by atoms with E-state index in [0.29, 0.717) is 32.1 Å². The van der Waals surface area contributed by atoms with Crippen molar-refractivity contribution in [1.82, 2.24) is 14.7 Å². The first-order valence-corrected chi connectivity index (χ1v) is 9.04. The van der Waals surface area contributed by atoms with Gasteiger partial charge in [-0.25, -0.2) is 31.9 Å². The maximum Gasteiger partial charge on any atom is 0.246 e. The molecule has 1 fully saturated rings. The highest BCUT2D eigenvalue weighted by Crippen LogP contribution is 2.18. The van der Waals surface area contributed by atoms with Crippen LogP contribution in [0.1, 0.15) is 5.82 Å². The van der Waals surface area contributed by atoms with Crippen LogP contribution in [-0.2, 0) is 21.3 Å². The van der Waals surface area contributed by atoms with Gasteiger partial charge in [0.15, 0.2) is 4.90 Å². The molecule has 25 heavy (non-hydrogen) atoms. The highest BCUT2D eigenvalue weighted by atomic mass is 32.2. The normalized spacial score (nSPS) is 15.4. The van der Waals surface area contributed by atoms with Crippen molar-refractivity contribution in [3.05, 3.63) is 47.9 Å². The van der Waals surface area contributed by atoms with E-state index in [9.17, 15) is 17.2 Å². The summed E-state index contributed by atoms with van der Waals surface area (Å²) in [7, 11) is -4.37. The third-order valence-electron chi connectivity index (χ3n) is 3.63. The number of hydrogen-bond donors (Lipinski definition) is 1. The summed E-state index contributed by atoms with van der Waals surface area (Å²) in [6.07, 6.45) is 1.51. The summed E-state index contributed by atoms with van der Waals surface area (Å²) in [5.41, 5.74) is 0. The number of nitrogens with one attached hydrogen (secondary N) is 1. The van der Waals surface area contributed by atoms with Gasteiger partial charge in [0.1, 0.15) is 23.3 Å². The minimum Gasteiger partial charge on any atom is -0.378 e. The van der Waals surface area contributed by atoms with Crippen molar-refractivity contribution in [3.63, 3.8) is 0 Å². The van der Waals surface area contributed by atoms with E-state index < -0.39 is 26.6 Å². The molecule has 0 radical (unpaired) electrons. The average molecular weight is 370 g/mol. The number of halogens is 2. The number of nitrogens with zero attached hydrogens (tertiary/aromatic N) is 3. The first-order valence-electron chi connectivity index (χ1n) is 7.56. The molecule has 1 aromatic heterocycles. The van der Waals surface area contributed by atoms with Gasteiger partial charge in [-0.1, -0.05) is 6.07 Å². The van der Waals surface area contributed by atoms with Gasteiger partial charge in [0.25, 0.3) is 0 Å². The Morgan fingerprint density at radius 2 is 1.84 bits per heavy atom. The van der Waals surface area contributed by atoms with Gasteiger partial charge < -0.3 is 9.64 Å². The maximum atomic E-state index is 13.7. The second kappa shape index (κ2) is 7.38. The van der Waals surface area contributed by atoms with Gasteiger partial charge in [-0.2, -0.15) is 0 Å². The number of rotatable bonds is 5. The van der Waals surface area contributed by atoms with Gasteiger partial charge in [0.05, 0.1) is 19.8 Å². The van der Waals surface area contributed by atoms with Gasteiger partial charge in [-0.3, -0.25) is 0 Å². The zero-order valence-electron chi connectivity index (χ0n) is 13.2. The van der Waals surface area contributed by atoms with Crippen molar-refractivity contribution in [2.24, 2.45) is 0 Å². The molecule has 0 unspecified atom stereocenters. The fourth-order valence-electron chi connectivity index (χ4n) is 2.41. The fourth-order valence-corrected chi connectivity index (χ4v) is 3.53. The molecule has 0 amide bonds. The molecule has 2 aromatic rings. The highest BCUT2D eigenvalue weighted by Gasteiger charge is 2.24. The van der Waals surface area contributed by atoms with E-state index in [4.69, 9.17) is 4.74 Å². The number of hydrogen-bond acceptors (Lipinski definition) is 6. The number of anilines is 1. The molecular weight excluding hydrogens is 354 g/mol. The number of aromatic nitrogens is 2. The van der Waals surface area contributed by atoms with Crippen molar-refractivity contribution in [2.75, 3.05) is 31.2 Å². The van der Waals surface area contributed by atoms with E-state index >= 15 is 0 Å². The summed E-state index contributed by atoms with van der Waals surface area (Å²) in [6, 6.07) is 4.57. The van der Waals surface area contributed by atoms with Crippen molar-refractivity contribution >= 4 is 15.8 Å². The standard InChI is InChI=1S/C15H16F2N4O3S/c16-11-2-1-3-12(17)15(11)25(22,23)19-10-13-18-5-4-14(20-13)21-6-8-24-9-7-21/h1-5,19H,6-10H2. The Labute approximate surface area is 143 Å². The summed E-state index contributed by atoms with van der Waals surface area (Å²) in [6.45, 7) is 2.22. The number of sulfonamides is 1. The molecule has 0 atom stereocenters. The van der Waals surface area contributed by atoms with Crippen molar-refractivity contribution in [3.8, 4) is 0 Å². The Morgan fingerprint density at radius 1 is 1.16 bits per heavy atom. The lowest BCUT2D eigenvalue weighted by Gasteiger charge is -2.27. The van der Waals surface area contributed by atoms with Crippen molar-refractivity contribution in [1.29, 1.82) is 0 Å². The van der Waals surface area contributed by atoms with Crippen LogP contribution in [0.3, 0.4) is 0 Å². The number of benzene rings is 1. The van der Waals surface area contributed by atoms with Crippen LogP contribution in [0.2, 0.25) is 0 Å². The van der Waals surface area contributed by atoms with E-state index in [1.54, 1.807) is 6.07 Å². The van der Waals surface area contributed by atoms with E-state index in [-0.39, 0.29) is 12.4 Å². The Bertz CT molecular complexity index is 837. The lowest BCUT2D eigenvalue weighted by molar-refractivity contribution is 0.122. The molecule has 10 heteroatoms. The smallest absolute Gasteiger partial charge is 0.246 e. The van der Waals surface area contributed by atoms with Crippen LogP contribution in [0, 0.1) is 11.6 Å². The van der Waals surface area contributed by atoms with Crippen LogP contribution in [0.15, 0.2) is 35.4 Å². The van der Waals surface area contributed by atoms with Gasteiger partial charge in [0, 0.05) is 19.3 Å². The van der Waals surface area contributed by atoms with Crippen LogP contribution in [0.5, 0.6) is 0 Å². The SMILES string of the molecule is O=S(=O)(NCc1nccc(N2CCOCC2)n1)c1c(F)cccc1F. The van der Waals surface area contributed by atoms with E-state index in [2.05, 4.69) is 14.7 Å².